The van der Waals surface area contributed by atoms with Crippen LogP contribution in [0.15, 0.2) is 30.3 Å². The maximum Gasteiger partial charge on any atom is 0.149 e. The van der Waals surface area contributed by atoms with Crippen molar-refractivity contribution in [2.24, 2.45) is 5.73 Å². The van der Waals surface area contributed by atoms with Gasteiger partial charge in [-0.1, -0.05) is 50.1 Å². The van der Waals surface area contributed by atoms with Gasteiger partial charge in [0.05, 0.1) is 6.04 Å². The number of ketones is 1. The number of Topliss-reactive ketones (excluding diaryl/α,β-unsaturated/α-hetero) is 1. The van der Waals surface area contributed by atoms with Gasteiger partial charge in [0.1, 0.15) is 5.78 Å². The number of aryl methyl sites for hydroxylation is 1. The smallest absolute Gasteiger partial charge is 0.149 e. The largest absolute Gasteiger partial charge is 0.322 e. The summed E-state index contributed by atoms with van der Waals surface area (Å²) in [5.74, 6) is 0.192. The first-order chi connectivity index (χ1) is 7.74. The molecule has 0 aliphatic heterocycles. The van der Waals surface area contributed by atoms with Crippen LogP contribution in [0.4, 0.5) is 0 Å². The van der Waals surface area contributed by atoms with Gasteiger partial charge in [0, 0.05) is 6.42 Å². The first-order valence-electron chi connectivity index (χ1n) is 6.06. The fraction of sp³-hybridized carbons (Fsp3) is 0.500. The fourth-order valence-corrected chi connectivity index (χ4v) is 1.68. The second-order valence-corrected chi connectivity index (χ2v) is 4.20. The standard InChI is InChI=1S/C14H21NO/c1-2-3-9-13(15)14(16)11-10-12-7-5-4-6-8-12/h4-8,13H,2-3,9-11,15H2,1H3. The second-order valence-electron chi connectivity index (χ2n) is 4.20. The molecule has 0 amide bonds. The van der Waals surface area contributed by atoms with E-state index in [1.54, 1.807) is 0 Å². The number of carbonyl (C=O) groups excluding carboxylic acids is 1. The van der Waals surface area contributed by atoms with E-state index in [1.165, 1.54) is 5.56 Å². The first kappa shape index (κ1) is 12.9. The van der Waals surface area contributed by atoms with Crippen molar-refractivity contribution in [3.8, 4) is 0 Å². The van der Waals surface area contributed by atoms with E-state index in [1.807, 2.05) is 30.3 Å². The molecule has 0 spiro atoms. The van der Waals surface area contributed by atoms with Gasteiger partial charge in [0.25, 0.3) is 0 Å². The predicted octanol–water partition coefficient (Wildman–Crippen LogP) is 2.71. The van der Waals surface area contributed by atoms with Crippen LogP contribution < -0.4 is 5.73 Å². The van der Waals surface area contributed by atoms with Gasteiger partial charge in [0.2, 0.25) is 0 Å². The molecule has 1 aromatic rings. The quantitative estimate of drug-likeness (QED) is 0.766. The van der Waals surface area contributed by atoms with Gasteiger partial charge in [-0.3, -0.25) is 4.79 Å². The third kappa shape index (κ3) is 4.58. The van der Waals surface area contributed by atoms with Crippen LogP contribution in [0.1, 0.15) is 38.2 Å². The van der Waals surface area contributed by atoms with Crippen LogP contribution in [0, 0.1) is 0 Å². The monoisotopic (exact) mass is 219 g/mol. The average molecular weight is 219 g/mol. The van der Waals surface area contributed by atoms with Crippen LogP contribution in [0.2, 0.25) is 0 Å². The van der Waals surface area contributed by atoms with E-state index in [0.717, 1.165) is 25.7 Å². The molecule has 2 nitrogen and oxygen atoms in total. The molecule has 0 bridgehead atoms. The minimum Gasteiger partial charge on any atom is -0.322 e. The summed E-state index contributed by atoms with van der Waals surface area (Å²) in [4.78, 5) is 11.7. The topological polar surface area (TPSA) is 43.1 Å². The lowest BCUT2D eigenvalue weighted by Crippen LogP contribution is -2.30. The Kier molecular flexibility index (Phi) is 5.79. The van der Waals surface area contributed by atoms with E-state index in [2.05, 4.69) is 6.92 Å². The van der Waals surface area contributed by atoms with Crippen molar-refractivity contribution >= 4 is 5.78 Å². The fourth-order valence-electron chi connectivity index (χ4n) is 1.68. The van der Waals surface area contributed by atoms with Crippen molar-refractivity contribution in [1.82, 2.24) is 0 Å². The normalized spacial score (nSPS) is 12.4. The molecule has 0 heterocycles. The molecule has 2 heteroatoms. The SMILES string of the molecule is CCCCC(N)C(=O)CCc1ccccc1. The Morgan fingerprint density at radius 3 is 2.62 bits per heavy atom. The number of benzene rings is 1. The van der Waals surface area contributed by atoms with Gasteiger partial charge in [0.15, 0.2) is 0 Å². The van der Waals surface area contributed by atoms with E-state index >= 15 is 0 Å². The number of hydrogen-bond acceptors (Lipinski definition) is 2. The lowest BCUT2D eigenvalue weighted by atomic mass is 10.0. The predicted molar refractivity (Wildman–Crippen MR) is 67.3 cm³/mol. The highest BCUT2D eigenvalue weighted by molar-refractivity contribution is 5.83. The molecular weight excluding hydrogens is 198 g/mol. The summed E-state index contributed by atoms with van der Waals surface area (Å²) in [7, 11) is 0. The second kappa shape index (κ2) is 7.18. The van der Waals surface area contributed by atoms with E-state index in [0.29, 0.717) is 6.42 Å². The number of unbranched alkanes of at least 4 members (excludes halogenated alkanes) is 1. The van der Waals surface area contributed by atoms with Crippen molar-refractivity contribution in [2.45, 2.75) is 45.1 Å². The lowest BCUT2D eigenvalue weighted by molar-refractivity contribution is -0.120. The lowest BCUT2D eigenvalue weighted by Gasteiger charge is -2.09. The summed E-state index contributed by atoms with van der Waals surface area (Å²) in [5.41, 5.74) is 7.02. The maximum absolute atomic E-state index is 11.7. The van der Waals surface area contributed by atoms with Crippen molar-refractivity contribution in [1.29, 1.82) is 0 Å². The summed E-state index contributed by atoms with van der Waals surface area (Å²) in [5, 5.41) is 0. The first-order valence-corrected chi connectivity index (χ1v) is 6.06. The van der Waals surface area contributed by atoms with Gasteiger partial charge in [-0.15, -0.1) is 0 Å². The molecule has 0 saturated heterocycles. The zero-order chi connectivity index (χ0) is 11.8. The van der Waals surface area contributed by atoms with Gasteiger partial charge in [-0.25, -0.2) is 0 Å². The summed E-state index contributed by atoms with van der Waals surface area (Å²) in [6.07, 6.45) is 4.33. The Labute approximate surface area is 97.9 Å². The van der Waals surface area contributed by atoms with Crippen molar-refractivity contribution < 1.29 is 4.79 Å². The third-order valence-electron chi connectivity index (χ3n) is 2.79. The molecule has 16 heavy (non-hydrogen) atoms. The highest BCUT2D eigenvalue weighted by Gasteiger charge is 2.12. The molecule has 0 aliphatic rings. The van der Waals surface area contributed by atoms with Crippen LogP contribution in [0.3, 0.4) is 0 Å². The van der Waals surface area contributed by atoms with Gasteiger partial charge < -0.3 is 5.73 Å². The zero-order valence-electron chi connectivity index (χ0n) is 9.99. The molecule has 0 saturated carbocycles. The molecule has 0 aromatic heterocycles. The van der Waals surface area contributed by atoms with Crippen molar-refractivity contribution in [3.63, 3.8) is 0 Å². The number of rotatable bonds is 7. The molecule has 1 aromatic carbocycles. The highest BCUT2D eigenvalue weighted by atomic mass is 16.1. The zero-order valence-corrected chi connectivity index (χ0v) is 9.99. The van der Waals surface area contributed by atoms with Crippen LogP contribution in [0.5, 0.6) is 0 Å². The summed E-state index contributed by atoms with van der Waals surface area (Å²) in [6, 6.07) is 9.81. The van der Waals surface area contributed by atoms with Crippen LogP contribution in [-0.2, 0) is 11.2 Å². The Morgan fingerprint density at radius 2 is 2.00 bits per heavy atom. The molecule has 88 valence electrons. The van der Waals surface area contributed by atoms with Gasteiger partial charge in [-0.2, -0.15) is 0 Å². The number of carbonyl (C=O) groups is 1. The molecule has 1 unspecified atom stereocenters. The Morgan fingerprint density at radius 1 is 1.31 bits per heavy atom. The van der Waals surface area contributed by atoms with E-state index in [-0.39, 0.29) is 11.8 Å². The summed E-state index contributed by atoms with van der Waals surface area (Å²) < 4.78 is 0. The van der Waals surface area contributed by atoms with Crippen LogP contribution in [0.25, 0.3) is 0 Å². The van der Waals surface area contributed by atoms with E-state index < -0.39 is 0 Å². The molecule has 1 atom stereocenters. The van der Waals surface area contributed by atoms with Crippen molar-refractivity contribution in [2.75, 3.05) is 0 Å². The Balaban J connectivity index is 2.29. The molecule has 2 N–H and O–H groups in total. The Hall–Kier alpha value is -1.15. The number of nitrogens with two attached hydrogens (primary N) is 1. The van der Waals surface area contributed by atoms with Gasteiger partial charge >= 0.3 is 0 Å². The Bertz CT molecular complexity index is 308. The summed E-state index contributed by atoms with van der Waals surface area (Å²) >= 11 is 0. The van der Waals surface area contributed by atoms with E-state index in [4.69, 9.17) is 5.73 Å². The number of hydrogen-bond donors (Lipinski definition) is 1. The van der Waals surface area contributed by atoms with Crippen LogP contribution >= 0.6 is 0 Å². The van der Waals surface area contributed by atoms with Crippen molar-refractivity contribution in [3.05, 3.63) is 35.9 Å². The highest BCUT2D eigenvalue weighted by Crippen LogP contribution is 2.06. The molecule has 0 aliphatic carbocycles. The maximum atomic E-state index is 11.7. The minimum atomic E-state index is -0.260. The minimum absolute atomic E-state index is 0.192. The average Bonchev–Trinajstić information content (AvgIpc) is 2.34. The molecule has 0 fully saturated rings. The molecular formula is C14H21NO. The molecule has 0 radical (unpaired) electrons. The van der Waals surface area contributed by atoms with Crippen LogP contribution in [-0.4, -0.2) is 11.8 Å². The van der Waals surface area contributed by atoms with E-state index in [9.17, 15) is 4.79 Å². The van der Waals surface area contributed by atoms with Gasteiger partial charge in [-0.05, 0) is 18.4 Å². The summed E-state index contributed by atoms with van der Waals surface area (Å²) in [6.45, 7) is 2.11. The molecule has 1 rings (SSSR count). The third-order valence-corrected chi connectivity index (χ3v) is 2.79.